The van der Waals surface area contributed by atoms with Crippen molar-refractivity contribution in [2.24, 2.45) is 5.92 Å². The van der Waals surface area contributed by atoms with Gasteiger partial charge in [-0.2, -0.15) is 0 Å². The molecule has 3 aromatic rings. The number of halogens is 1. The van der Waals surface area contributed by atoms with Gasteiger partial charge in [0, 0.05) is 28.2 Å². The molecule has 0 radical (unpaired) electrons. The molecule has 4 rings (SSSR count). The van der Waals surface area contributed by atoms with Crippen molar-refractivity contribution < 1.29 is 0 Å². The summed E-state index contributed by atoms with van der Waals surface area (Å²) in [4.78, 5) is 0. The summed E-state index contributed by atoms with van der Waals surface area (Å²) in [6.07, 6.45) is 2.10. The minimum Gasteiger partial charge on any atom is -0.387 e. The number of nitrogens with one attached hydrogen (secondary N) is 1. The van der Waals surface area contributed by atoms with E-state index in [1.54, 1.807) is 0 Å². The molecular formula is C25H24BrN. The summed E-state index contributed by atoms with van der Waals surface area (Å²) in [5.74, 6) is 0.470. The molecule has 1 aliphatic rings. The number of rotatable bonds is 5. The molecule has 0 aromatic heterocycles. The van der Waals surface area contributed by atoms with Crippen LogP contribution in [0.4, 0.5) is 0 Å². The first-order valence-corrected chi connectivity index (χ1v) is 10.4. The van der Waals surface area contributed by atoms with Crippen LogP contribution in [0.2, 0.25) is 0 Å². The summed E-state index contributed by atoms with van der Waals surface area (Å²) in [6, 6.07) is 28.2. The van der Waals surface area contributed by atoms with Crippen LogP contribution in [0.1, 0.15) is 29.2 Å². The number of fused-ring (bicyclic) bond motifs is 1. The Bertz CT molecular complexity index is 945. The Morgan fingerprint density at radius 2 is 1.63 bits per heavy atom. The van der Waals surface area contributed by atoms with E-state index in [0.29, 0.717) is 5.92 Å². The lowest BCUT2D eigenvalue weighted by atomic mass is 9.80. The molecule has 0 spiro atoms. The minimum absolute atomic E-state index is 0.470. The third-order valence-electron chi connectivity index (χ3n) is 5.26. The summed E-state index contributed by atoms with van der Waals surface area (Å²) in [7, 11) is 0. The first-order chi connectivity index (χ1) is 13.2. The molecule has 2 heteroatoms. The molecule has 0 fully saturated rings. The van der Waals surface area contributed by atoms with E-state index in [0.717, 1.165) is 23.9 Å². The average Bonchev–Trinajstić information content (AvgIpc) is 2.69. The molecular weight excluding hydrogens is 394 g/mol. The fraction of sp³-hybridized carbons (Fsp3) is 0.200. The first-order valence-electron chi connectivity index (χ1n) is 9.58. The second kappa shape index (κ2) is 8.14. The maximum Gasteiger partial charge on any atom is 0.0225 e. The Morgan fingerprint density at radius 3 is 2.37 bits per heavy atom. The molecule has 1 N–H and O–H groups in total. The highest BCUT2D eigenvalue weighted by Crippen LogP contribution is 2.38. The molecule has 0 amide bonds. The Balaban J connectivity index is 1.70. The van der Waals surface area contributed by atoms with Gasteiger partial charge in [0.1, 0.15) is 0 Å². The lowest BCUT2D eigenvalue weighted by Crippen LogP contribution is -2.27. The van der Waals surface area contributed by atoms with E-state index in [4.69, 9.17) is 0 Å². The van der Waals surface area contributed by atoms with Gasteiger partial charge in [-0.25, -0.2) is 0 Å². The molecule has 136 valence electrons. The van der Waals surface area contributed by atoms with Crippen LogP contribution in [0.3, 0.4) is 0 Å². The fourth-order valence-electron chi connectivity index (χ4n) is 3.96. The SMILES string of the molecule is CC1Cc2cc(Br)ccc2C(c2ccccc2)=C1NCCc1ccccc1. The predicted octanol–water partition coefficient (Wildman–Crippen LogP) is 6.23. The van der Waals surface area contributed by atoms with Gasteiger partial charge in [0.05, 0.1) is 0 Å². The van der Waals surface area contributed by atoms with Gasteiger partial charge in [0.25, 0.3) is 0 Å². The smallest absolute Gasteiger partial charge is 0.0225 e. The van der Waals surface area contributed by atoms with Crippen molar-refractivity contribution in [3.63, 3.8) is 0 Å². The quantitative estimate of drug-likeness (QED) is 0.518. The van der Waals surface area contributed by atoms with E-state index in [9.17, 15) is 0 Å². The van der Waals surface area contributed by atoms with Crippen LogP contribution >= 0.6 is 15.9 Å². The third-order valence-corrected chi connectivity index (χ3v) is 5.75. The van der Waals surface area contributed by atoms with E-state index in [-0.39, 0.29) is 0 Å². The first kappa shape index (κ1) is 18.1. The molecule has 27 heavy (non-hydrogen) atoms. The molecule has 3 aromatic carbocycles. The normalized spacial score (nSPS) is 16.1. The molecule has 1 aliphatic carbocycles. The monoisotopic (exact) mass is 417 g/mol. The van der Waals surface area contributed by atoms with Gasteiger partial charge in [-0.3, -0.25) is 0 Å². The van der Waals surface area contributed by atoms with Gasteiger partial charge in [0.2, 0.25) is 0 Å². The summed E-state index contributed by atoms with van der Waals surface area (Å²) >= 11 is 3.64. The van der Waals surface area contributed by atoms with Crippen molar-refractivity contribution >= 4 is 21.5 Å². The van der Waals surface area contributed by atoms with E-state index in [1.807, 2.05) is 0 Å². The second-order valence-corrected chi connectivity index (χ2v) is 8.14. The van der Waals surface area contributed by atoms with Crippen molar-refractivity contribution in [2.75, 3.05) is 6.54 Å². The van der Waals surface area contributed by atoms with Crippen molar-refractivity contribution in [1.29, 1.82) is 0 Å². The lowest BCUT2D eigenvalue weighted by Gasteiger charge is -2.30. The minimum atomic E-state index is 0.470. The van der Waals surface area contributed by atoms with Crippen LogP contribution in [0.25, 0.3) is 5.57 Å². The lowest BCUT2D eigenvalue weighted by molar-refractivity contribution is 0.594. The summed E-state index contributed by atoms with van der Waals surface area (Å²) in [6.45, 7) is 3.28. The maximum absolute atomic E-state index is 3.79. The third kappa shape index (κ3) is 4.01. The predicted molar refractivity (Wildman–Crippen MR) is 118 cm³/mol. The molecule has 1 unspecified atom stereocenters. The Labute approximate surface area is 170 Å². The number of hydrogen-bond donors (Lipinski definition) is 1. The number of allylic oxidation sites excluding steroid dienone is 1. The van der Waals surface area contributed by atoms with E-state index in [1.165, 1.54) is 33.5 Å². The standard InChI is InChI=1S/C25H24BrN/c1-18-16-21-17-22(26)12-13-23(21)24(20-10-6-3-7-11-20)25(18)27-15-14-19-8-4-2-5-9-19/h2-13,17-18,27H,14-16H2,1H3. The van der Waals surface area contributed by atoms with Crippen LogP contribution in [0.5, 0.6) is 0 Å². The van der Waals surface area contributed by atoms with E-state index < -0.39 is 0 Å². The van der Waals surface area contributed by atoms with Gasteiger partial charge in [0.15, 0.2) is 0 Å². The van der Waals surface area contributed by atoms with Gasteiger partial charge in [-0.15, -0.1) is 0 Å². The zero-order chi connectivity index (χ0) is 18.6. The van der Waals surface area contributed by atoms with Crippen molar-refractivity contribution in [3.8, 4) is 0 Å². The highest BCUT2D eigenvalue weighted by atomic mass is 79.9. The van der Waals surface area contributed by atoms with Crippen LogP contribution in [-0.4, -0.2) is 6.54 Å². The van der Waals surface area contributed by atoms with Gasteiger partial charge < -0.3 is 5.32 Å². The second-order valence-electron chi connectivity index (χ2n) is 7.22. The molecule has 1 nitrogen and oxygen atoms in total. The van der Waals surface area contributed by atoms with E-state index in [2.05, 4.69) is 107 Å². The van der Waals surface area contributed by atoms with Gasteiger partial charge in [-0.05, 0) is 47.2 Å². The molecule has 0 heterocycles. The van der Waals surface area contributed by atoms with Crippen LogP contribution < -0.4 is 5.32 Å². The largest absolute Gasteiger partial charge is 0.387 e. The summed E-state index contributed by atoms with van der Waals surface area (Å²) < 4.78 is 1.15. The molecule has 0 saturated carbocycles. The van der Waals surface area contributed by atoms with Crippen molar-refractivity contribution in [2.45, 2.75) is 19.8 Å². The van der Waals surface area contributed by atoms with Crippen LogP contribution in [0, 0.1) is 5.92 Å². The molecule has 1 atom stereocenters. The Kier molecular flexibility index (Phi) is 5.45. The topological polar surface area (TPSA) is 12.0 Å². The Hall–Kier alpha value is -2.32. The maximum atomic E-state index is 3.79. The van der Waals surface area contributed by atoms with Gasteiger partial charge >= 0.3 is 0 Å². The average molecular weight is 418 g/mol. The zero-order valence-corrected chi connectivity index (χ0v) is 17.2. The Morgan fingerprint density at radius 1 is 0.926 bits per heavy atom. The van der Waals surface area contributed by atoms with E-state index >= 15 is 0 Å². The zero-order valence-electron chi connectivity index (χ0n) is 15.6. The fourth-order valence-corrected chi connectivity index (χ4v) is 4.37. The highest BCUT2D eigenvalue weighted by Gasteiger charge is 2.25. The molecule has 0 saturated heterocycles. The van der Waals surface area contributed by atoms with Crippen LogP contribution in [0.15, 0.2) is 89.0 Å². The highest BCUT2D eigenvalue weighted by molar-refractivity contribution is 9.10. The summed E-state index contributed by atoms with van der Waals surface area (Å²) in [5.41, 5.74) is 8.15. The van der Waals surface area contributed by atoms with Gasteiger partial charge in [-0.1, -0.05) is 89.6 Å². The summed E-state index contributed by atoms with van der Waals surface area (Å²) in [5, 5.41) is 3.79. The van der Waals surface area contributed by atoms with Crippen LogP contribution in [-0.2, 0) is 12.8 Å². The number of hydrogen-bond acceptors (Lipinski definition) is 1. The molecule has 0 aliphatic heterocycles. The van der Waals surface area contributed by atoms with Crippen molar-refractivity contribution in [3.05, 3.63) is 111 Å². The molecule has 0 bridgehead atoms. The number of benzene rings is 3. The van der Waals surface area contributed by atoms with Crippen molar-refractivity contribution in [1.82, 2.24) is 5.32 Å².